The summed E-state index contributed by atoms with van der Waals surface area (Å²) in [5.41, 5.74) is 1.39. The molecule has 0 aliphatic heterocycles. The van der Waals surface area contributed by atoms with Gasteiger partial charge in [0.15, 0.2) is 0 Å². The van der Waals surface area contributed by atoms with Crippen molar-refractivity contribution in [3.63, 3.8) is 0 Å². The molecule has 1 amide bonds. The Kier molecular flexibility index (Phi) is 5.08. The number of para-hydroxylation sites is 1. The second-order valence-corrected chi connectivity index (χ2v) is 5.95. The van der Waals surface area contributed by atoms with Gasteiger partial charge >= 0.3 is 0 Å². The van der Waals surface area contributed by atoms with Crippen molar-refractivity contribution < 1.29 is 9.72 Å². The van der Waals surface area contributed by atoms with Crippen molar-refractivity contribution in [1.29, 1.82) is 0 Å². The average molecular weight is 346 g/mol. The lowest BCUT2D eigenvalue weighted by atomic mass is 10.00. The summed E-state index contributed by atoms with van der Waals surface area (Å²) < 4.78 is 0. The summed E-state index contributed by atoms with van der Waals surface area (Å²) >= 11 is 0. The maximum absolute atomic E-state index is 12.2. The van der Waals surface area contributed by atoms with Gasteiger partial charge in [0.2, 0.25) is 5.91 Å². The van der Waals surface area contributed by atoms with Gasteiger partial charge in [-0.1, -0.05) is 54.6 Å². The summed E-state index contributed by atoms with van der Waals surface area (Å²) in [6.07, 6.45) is 2.78. The molecule has 3 aromatic carbocycles. The number of benzene rings is 3. The van der Waals surface area contributed by atoms with Crippen LogP contribution in [0.4, 0.5) is 5.69 Å². The van der Waals surface area contributed by atoms with Gasteiger partial charge < -0.3 is 5.32 Å². The maximum atomic E-state index is 12.2. The molecule has 0 spiro atoms. The van der Waals surface area contributed by atoms with Crippen LogP contribution in [0, 0.1) is 10.1 Å². The van der Waals surface area contributed by atoms with E-state index >= 15 is 0 Å². The normalized spacial score (nSPS) is 12.2. The molecule has 130 valence electrons. The first-order chi connectivity index (χ1) is 12.6. The number of nitro groups is 1. The number of nitrogens with zero attached hydrogens (tertiary/aromatic N) is 1. The summed E-state index contributed by atoms with van der Waals surface area (Å²) in [7, 11) is 0. The number of carbonyl (C=O) groups excluding carboxylic acids is 1. The van der Waals surface area contributed by atoms with Crippen LogP contribution in [-0.2, 0) is 4.79 Å². The van der Waals surface area contributed by atoms with Gasteiger partial charge in [-0.3, -0.25) is 14.9 Å². The quantitative estimate of drug-likeness (QED) is 0.415. The fourth-order valence-electron chi connectivity index (χ4n) is 2.93. The van der Waals surface area contributed by atoms with E-state index in [0.29, 0.717) is 5.56 Å². The van der Waals surface area contributed by atoms with Crippen LogP contribution in [0.15, 0.2) is 72.8 Å². The topological polar surface area (TPSA) is 72.2 Å². The van der Waals surface area contributed by atoms with Crippen molar-refractivity contribution in [2.24, 2.45) is 0 Å². The van der Waals surface area contributed by atoms with Crippen LogP contribution in [-0.4, -0.2) is 10.8 Å². The molecule has 3 rings (SSSR count). The number of fused-ring (bicyclic) bond motifs is 1. The first-order valence-corrected chi connectivity index (χ1v) is 8.26. The van der Waals surface area contributed by atoms with Gasteiger partial charge in [-0.05, 0) is 35.4 Å². The minimum atomic E-state index is -0.462. The minimum Gasteiger partial charge on any atom is -0.346 e. The zero-order chi connectivity index (χ0) is 18.5. The van der Waals surface area contributed by atoms with E-state index in [1.807, 2.05) is 49.4 Å². The van der Waals surface area contributed by atoms with E-state index in [2.05, 4.69) is 5.32 Å². The van der Waals surface area contributed by atoms with E-state index in [4.69, 9.17) is 0 Å². The highest BCUT2D eigenvalue weighted by atomic mass is 16.6. The summed E-state index contributed by atoms with van der Waals surface area (Å²) in [6, 6.07) is 20.1. The first kappa shape index (κ1) is 17.4. The second-order valence-electron chi connectivity index (χ2n) is 5.95. The van der Waals surface area contributed by atoms with Gasteiger partial charge in [0.05, 0.1) is 16.5 Å². The summed E-state index contributed by atoms with van der Waals surface area (Å²) in [5.74, 6) is -0.302. The van der Waals surface area contributed by atoms with Crippen LogP contribution in [0.25, 0.3) is 16.8 Å². The Morgan fingerprint density at radius 1 is 1.04 bits per heavy atom. The Labute approximate surface area is 151 Å². The molecule has 0 aliphatic rings. The first-order valence-electron chi connectivity index (χ1n) is 8.26. The smallest absolute Gasteiger partial charge is 0.276 e. The zero-order valence-corrected chi connectivity index (χ0v) is 14.3. The number of carbonyl (C=O) groups is 1. The SMILES string of the molecule is CC(NC(=O)/C=C/c1ccccc1[N+](=O)[O-])c1cccc2ccccc12. The number of amides is 1. The Bertz CT molecular complexity index is 990. The molecule has 3 aromatic rings. The van der Waals surface area contributed by atoms with Crippen LogP contribution < -0.4 is 5.32 Å². The average Bonchev–Trinajstić information content (AvgIpc) is 2.66. The molecule has 1 unspecified atom stereocenters. The van der Waals surface area contributed by atoms with E-state index in [1.165, 1.54) is 18.2 Å². The van der Waals surface area contributed by atoms with Crippen LogP contribution in [0.2, 0.25) is 0 Å². The van der Waals surface area contributed by atoms with Gasteiger partial charge in [-0.2, -0.15) is 0 Å². The van der Waals surface area contributed by atoms with E-state index in [-0.39, 0.29) is 17.6 Å². The number of nitro benzene ring substituents is 1. The Hall–Kier alpha value is -3.47. The monoisotopic (exact) mass is 346 g/mol. The summed E-state index contributed by atoms with van der Waals surface area (Å²) in [6.45, 7) is 1.92. The molecule has 0 radical (unpaired) electrons. The van der Waals surface area contributed by atoms with Crippen LogP contribution in [0.1, 0.15) is 24.1 Å². The summed E-state index contributed by atoms with van der Waals surface area (Å²) in [4.78, 5) is 22.8. The van der Waals surface area contributed by atoms with Gasteiger partial charge in [0.1, 0.15) is 0 Å². The third-order valence-corrected chi connectivity index (χ3v) is 4.20. The fraction of sp³-hybridized carbons (Fsp3) is 0.0952. The molecule has 5 heteroatoms. The minimum absolute atomic E-state index is 0.0290. The molecule has 0 bridgehead atoms. The van der Waals surface area contributed by atoms with E-state index in [9.17, 15) is 14.9 Å². The lowest BCUT2D eigenvalue weighted by molar-refractivity contribution is -0.385. The molecule has 0 heterocycles. The third kappa shape index (κ3) is 3.78. The highest BCUT2D eigenvalue weighted by Crippen LogP contribution is 2.24. The van der Waals surface area contributed by atoms with Crippen molar-refractivity contribution in [3.8, 4) is 0 Å². The third-order valence-electron chi connectivity index (χ3n) is 4.20. The van der Waals surface area contributed by atoms with Gasteiger partial charge in [0, 0.05) is 12.1 Å². The highest BCUT2D eigenvalue weighted by Gasteiger charge is 2.12. The molecule has 5 nitrogen and oxygen atoms in total. The van der Waals surface area contributed by atoms with E-state index < -0.39 is 4.92 Å². The predicted molar refractivity (Wildman–Crippen MR) is 103 cm³/mol. The number of rotatable bonds is 5. The van der Waals surface area contributed by atoms with E-state index in [1.54, 1.807) is 18.2 Å². The van der Waals surface area contributed by atoms with Gasteiger partial charge in [-0.25, -0.2) is 0 Å². The molecule has 0 saturated heterocycles. The molecule has 0 saturated carbocycles. The van der Waals surface area contributed by atoms with Crippen molar-refractivity contribution in [3.05, 3.63) is 94.0 Å². The van der Waals surface area contributed by atoms with Crippen LogP contribution in [0.3, 0.4) is 0 Å². The molecular weight excluding hydrogens is 328 g/mol. The molecule has 1 N–H and O–H groups in total. The Morgan fingerprint density at radius 3 is 2.54 bits per heavy atom. The standard InChI is InChI=1S/C21H18N2O3/c1-15(18-11-6-9-16-7-2-4-10-19(16)18)22-21(24)14-13-17-8-3-5-12-20(17)23(25)26/h2-15H,1H3,(H,22,24)/b14-13+. The van der Waals surface area contributed by atoms with Crippen molar-refractivity contribution in [2.45, 2.75) is 13.0 Å². The van der Waals surface area contributed by atoms with Crippen molar-refractivity contribution >= 4 is 28.4 Å². The Balaban J connectivity index is 1.77. The summed E-state index contributed by atoms with van der Waals surface area (Å²) in [5, 5.41) is 16.1. The lowest BCUT2D eigenvalue weighted by Gasteiger charge is -2.15. The highest BCUT2D eigenvalue weighted by molar-refractivity contribution is 5.93. The predicted octanol–water partition coefficient (Wildman–Crippen LogP) is 4.64. The Morgan fingerprint density at radius 2 is 1.73 bits per heavy atom. The molecule has 0 fully saturated rings. The fourth-order valence-corrected chi connectivity index (χ4v) is 2.93. The van der Waals surface area contributed by atoms with Gasteiger partial charge in [0.25, 0.3) is 5.69 Å². The van der Waals surface area contributed by atoms with E-state index in [0.717, 1.165) is 16.3 Å². The molecular formula is C21H18N2O3. The number of nitrogens with one attached hydrogen (secondary N) is 1. The van der Waals surface area contributed by atoms with Crippen molar-refractivity contribution in [2.75, 3.05) is 0 Å². The lowest BCUT2D eigenvalue weighted by Crippen LogP contribution is -2.24. The maximum Gasteiger partial charge on any atom is 0.276 e. The number of hydrogen-bond acceptors (Lipinski definition) is 3. The van der Waals surface area contributed by atoms with Crippen LogP contribution >= 0.6 is 0 Å². The van der Waals surface area contributed by atoms with Crippen LogP contribution in [0.5, 0.6) is 0 Å². The zero-order valence-electron chi connectivity index (χ0n) is 14.3. The largest absolute Gasteiger partial charge is 0.346 e. The second kappa shape index (κ2) is 7.61. The van der Waals surface area contributed by atoms with Crippen molar-refractivity contribution in [1.82, 2.24) is 5.32 Å². The molecule has 0 aromatic heterocycles. The number of hydrogen-bond donors (Lipinski definition) is 1. The van der Waals surface area contributed by atoms with Gasteiger partial charge in [-0.15, -0.1) is 0 Å². The molecule has 0 aliphatic carbocycles. The molecule has 1 atom stereocenters. The molecule has 26 heavy (non-hydrogen) atoms.